The predicted octanol–water partition coefficient (Wildman–Crippen LogP) is 1.40. The molecule has 0 saturated heterocycles. The summed E-state index contributed by atoms with van der Waals surface area (Å²) in [5, 5.41) is 17.3. The minimum Gasteiger partial charge on any atom is -0.492 e. The Balaban J connectivity index is 1.38. The highest BCUT2D eigenvalue weighted by molar-refractivity contribution is 6.04. The zero-order valence-corrected chi connectivity index (χ0v) is 14.4. The van der Waals surface area contributed by atoms with Gasteiger partial charge in [-0.2, -0.15) is 5.10 Å². The molecule has 3 rings (SSSR count). The van der Waals surface area contributed by atoms with E-state index in [0.29, 0.717) is 32.5 Å². The lowest BCUT2D eigenvalue weighted by Gasteiger charge is -2.13. The van der Waals surface area contributed by atoms with Gasteiger partial charge in [-0.05, 0) is 35.9 Å². The summed E-state index contributed by atoms with van der Waals surface area (Å²) in [4.78, 5) is 15.1. The SMILES string of the molecule is O=C1CCC(c2ccc(OCCNCC(O)c3cccnc3)cc2)=NN1. The number of hydrazone groups is 1. The predicted molar refractivity (Wildman–Crippen MR) is 97.9 cm³/mol. The molecular weight excluding hydrogens is 332 g/mol. The Hall–Kier alpha value is -2.77. The number of carbonyl (C=O) groups excluding carboxylic acids is 1. The average molecular weight is 354 g/mol. The van der Waals surface area contributed by atoms with E-state index in [4.69, 9.17) is 4.74 Å². The van der Waals surface area contributed by atoms with Gasteiger partial charge in [0.25, 0.3) is 0 Å². The van der Waals surface area contributed by atoms with Gasteiger partial charge in [0.2, 0.25) is 5.91 Å². The van der Waals surface area contributed by atoms with Crippen molar-refractivity contribution in [1.29, 1.82) is 0 Å². The van der Waals surface area contributed by atoms with E-state index in [-0.39, 0.29) is 5.91 Å². The number of aliphatic hydroxyl groups excluding tert-OH is 1. The first-order chi connectivity index (χ1) is 12.7. The zero-order chi connectivity index (χ0) is 18.2. The van der Waals surface area contributed by atoms with Gasteiger partial charge in [-0.3, -0.25) is 9.78 Å². The molecular formula is C19H22N4O3. The van der Waals surface area contributed by atoms with E-state index < -0.39 is 6.10 Å². The van der Waals surface area contributed by atoms with E-state index in [9.17, 15) is 9.90 Å². The second-order valence-electron chi connectivity index (χ2n) is 5.97. The minimum atomic E-state index is -0.584. The molecule has 1 unspecified atom stereocenters. The number of hydrogen-bond acceptors (Lipinski definition) is 6. The van der Waals surface area contributed by atoms with Gasteiger partial charge < -0.3 is 15.2 Å². The normalized spacial score (nSPS) is 15.1. The number of aliphatic hydroxyl groups is 1. The molecule has 1 amide bonds. The van der Waals surface area contributed by atoms with Crippen LogP contribution in [0.25, 0.3) is 0 Å². The largest absolute Gasteiger partial charge is 0.492 e. The topological polar surface area (TPSA) is 95.8 Å². The van der Waals surface area contributed by atoms with Gasteiger partial charge >= 0.3 is 0 Å². The highest BCUT2D eigenvalue weighted by Gasteiger charge is 2.13. The van der Waals surface area contributed by atoms with Crippen molar-refractivity contribution in [2.75, 3.05) is 19.7 Å². The number of ether oxygens (including phenoxy) is 1. The first-order valence-electron chi connectivity index (χ1n) is 8.60. The van der Waals surface area contributed by atoms with Crippen molar-refractivity contribution in [2.24, 2.45) is 5.10 Å². The second kappa shape index (κ2) is 9.07. The third-order valence-electron chi connectivity index (χ3n) is 4.05. The molecule has 2 heterocycles. The summed E-state index contributed by atoms with van der Waals surface area (Å²) in [7, 11) is 0. The molecule has 7 heteroatoms. The van der Waals surface area contributed by atoms with Gasteiger partial charge in [-0.25, -0.2) is 5.43 Å². The smallest absolute Gasteiger partial charge is 0.240 e. The maximum Gasteiger partial charge on any atom is 0.240 e. The number of aromatic nitrogens is 1. The van der Waals surface area contributed by atoms with Crippen LogP contribution >= 0.6 is 0 Å². The molecule has 2 aromatic rings. The fourth-order valence-corrected chi connectivity index (χ4v) is 2.60. The number of benzene rings is 1. The molecule has 1 atom stereocenters. The molecule has 0 radical (unpaired) electrons. The first kappa shape index (κ1) is 18.0. The highest BCUT2D eigenvalue weighted by Crippen LogP contribution is 2.16. The Morgan fingerprint density at radius 2 is 2.08 bits per heavy atom. The molecule has 0 saturated carbocycles. The zero-order valence-electron chi connectivity index (χ0n) is 14.4. The minimum absolute atomic E-state index is 0.0464. The van der Waals surface area contributed by atoms with E-state index in [1.165, 1.54) is 0 Å². The highest BCUT2D eigenvalue weighted by atomic mass is 16.5. The fraction of sp³-hybridized carbons (Fsp3) is 0.316. The lowest BCUT2D eigenvalue weighted by atomic mass is 10.0. The molecule has 136 valence electrons. The van der Waals surface area contributed by atoms with Crippen molar-refractivity contribution in [1.82, 2.24) is 15.7 Å². The lowest BCUT2D eigenvalue weighted by molar-refractivity contribution is -0.121. The first-order valence-corrected chi connectivity index (χ1v) is 8.60. The summed E-state index contributed by atoms with van der Waals surface area (Å²) in [6.07, 6.45) is 3.87. The molecule has 1 aromatic heterocycles. The summed E-state index contributed by atoms with van der Waals surface area (Å²) in [5.74, 6) is 0.721. The molecule has 0 bridgehead atoms. The van der Waals surface area contributed by atoms with Crippen LogP contribution in [0.3, 0.4) is 0 Å². The molecule has 1 aromatic carbocycles. The van der Waals surface area contributed by atoms with Crippen LogP contribution in [0.15, 0.2) is 53.9 Å². The van der Waals surface area contributed by atoms with Gasteiger partial charge in [0, 0.05) is 43.9 Å². The van der Waals surface area contributed by atoms with Crippen molar-refractivity contribution in [3.05, 3.63) is 59.9 Å². The van der Waals surface area contributed by atoms with Crippen LogP contribution in [0.4, 0.5) is 0 Å². The Labute approximate surface area is 152 Å². The number of hydrogen-bond donors (Lipinski definition) is 3. The number of nitrogens with one attached hydrogen (secondary N) is 2. The maximum atomic E-state index is 11.1. The second-order valence-corrected chi connectivity index (χ2v) is 5.97. The Morgan fingerprint density at radius 3 is 2.77 bits per heavy atom. The molecule has 1 aliphatic heterocycles. The van der Waals surface area contributed by atoms with Gasteiger partial charge in [0.15, 0.2) is 0 Å². The third-order valence-corrected chi connectivity index (χ3v) is 4.05. The molecule has 3 N–H and O–H groups in total. The van der Waals surface area contributed by atoms with Crippen LogP contribution in [-0.4, -0.2) is 41.4 Å². The van der Waals surface area contributed by atoms with Crippen LogP contribution in [0.2, 0.25) is 0 Å². The van der Waals surface area contributed by atoms with Crippen LogP contribution < -0.4 is 15.5 Å². The van der Waals surface area contributed by atoms with Crippen molar-refractivity contribution >= 4 is 11.6 Å². The summed E-state index contributed by atoms with van der Waals surface area (Å²) in [6, 6.07) is 11.3. The lowest BCUT2D eigenvalue weighted by Crippen LogP contribution is -2.26. The van der Waals surface area contributed by atoms with Crippen molar-refractivity contribution in [3.8, 4) is 5.75 Å². The quantitative estimate of drug-likeness (QED) is 0.623. The van der Waals surface area contributed by atoms with E-state index in [1.807, 2.05) is 30.3 Å². The molecule has 26 heavy (non-hydrogen) atoms. The van der Waals surface area contributed by atoms with E-state index in [0.717, 1.165) is 22.6 Å². The fourth-order valence-electron chi connectivity index (χ4n) is 2.60. The van der Waals surface area contributed by atoms with Crippen LogP contribution in [-0.2, 0) is 4.79 Å². The van der Waals surface area contributed by atoms with E-state index in [2.05, 4.69) is 20.8 Å². The van der Waals surface area contributed by atoms with Crippen molar-refractivity contribution in [2.45, 2.75) is 18.9 Å². The van der Waals surface area contributed by atoms with Crippen LogP contribution in [0, 0.1) is 0 Å². The van der Waals surface area contributed by atoms with Gasteiger partial charge in [-0.1, -0.05) is 6.07 Å². The Kier molecular flexibility index (Phi) is 6.29. The molecule has 0 fully saturated rings. The van der Waals surface area contributed by atoms with Gasteiger partial charge in [-0.15, -0.1) is 0 Å². The standard InChI is InChI=1S/C19H22N4O3/c24-18(15-2-1-9-20-12-15)13-21-10-11-26-16-5-3-14(4-6-16)17-7-8-19(25)23-22-17/h1-6,9,12,18,21,24H,7-8,10-11,13H2,(H,23,25). The number of carbonyl (C=O) groups is 1. The number of amides is 1. The third kappa shape index (κ3) is 5.11. The summed E-state index contributed by atoms with van der Waals surface area (Å²) in [5.41, 5.74) is 5.15. The van der Waals surface area contributed by atoms with Crippen molar-refractivity contribution in [3.63, 3.8) is 0 Å². The monoisotopic (exact) mass is 354 g/mol. The summed E-state index contributed by atoms with van der Waals surface area (Å²) < 4.78 is 5.69. The number of pyridine rings is 1. The van der Waals surface area contributed by atoms with E-state index in [1.54, 1.807) is 18.5 Å². The molecule has 1 aliphatic rings. The maximum absolute atomic E-state index is 11.1. The summed E-state index contributed by atoms with van der Waals surface area (Å²) >= 11 is 0. The number of rotatable bonds is 8. The Bertz CT molecular complexity index is 747. The van der Waals surface area contributed by atoms with E-state index >= 15 is 0 Å². The number of nitrogens with zero attached hydrogens (tertiary/aromatic N) is 2. The summed E-state index contributed by atoms with van der Waals surface area (Å²) in [6.45, 7) is 1.56. The van der Waals surface area contributed by atoms with Gasteiger partial charge in [0.1, 0.15) is 12.4 Å². The molecule has 0 spiro atoms. The average Bonchev–Trinajstić information content (AvgIpc) is 2.69. The molecule has 0 aliphatic carbocycles. The van der Waals surface area contributed by atoms with Crippen LogP contribution in [0.5, 0.6) is 5.75 Å². The van der Waals surface area contributed by atoms with Crippen LogP contribution in [0.1, 0.15) is 30.1 Å². The molecule has 7 nitrogen and oxygen atoms in total. The van der Waals surface area contributed by atoms with Gasteiger partial charge in [0.05, 0.1) is 11.8 Å². The Morgan fingerprint density at radius 1 is 1.23 bits per heavy atom. The van der Waals surface area contributed by atoms with Crippen molar-refractivity contribution < 1.29 is 14.6 Å².